The third-order valence-corrected chi connectivity index (χ3v) is 2.99. The Balaban J connectivity index is 2.15. The summed E-state index contributed by atoms with van der Waals surface area (Å²) in [5.41, 5.74) is 0. The van der Waals surface area contributed by atoms with Gasteiger partial charge in [0.1, 0.15) is 0 Å². The number of piperidine rings is 1. The molecule has 0 aromatic rings. The predicted octanol–water partition coefficient (Wildman–Crippen LogP) is 0.0692. The van der Waals surface area contributed by atoms with Gasteiger partial charge in [-0.25, -0.2) is 0 Å². The molecule has 0 aromatic heterocycles. The number of hydrogen-bond donors (Lipinski definition) is 2. The van der Waals surface area contributed by atoms with E-state index in [1.54, 1.807) is 0 Å². The van der Waals surface area contributed by atoms with Crippen LogP contribution in [0.2, 0.25) is 0 Å². The highest BCUT2D eigenvalue weighted by Gasteiger charge is 2.18. The number of ether oxygens (including phenoxy) is 1. The van der Waals surface area contributed by atoms with Crippen LogP contribution < -0.4 is 5.32 Å². The summed E-state index contributed by atoms with van der Waals surface area (Å²) in [5, 5.41) is 12.0. The van der Waals surface area contributed by atoms with Gasteiger partial charge in [0.15, 0.2) is 0 Å². The van der Waals surface area contributed by atoms with Crippen molar-refractivity contribution in [3.8, 4) is 0 Å². The first-order chi connectivity index (χ1) is 7.38. The van der Waals surface area contributed by atoms with Gasteiger partial charge in [-0.2, -0.15) is 0 Å². The molecule has 0 spiro atoms. The van der Waals surface area contributed by atoms with Crippen LogP contribution in [-0.4, -0.2) is 62.0 Å². The fourth-order valence-corrected chi connectivity index (χ4v) is 2.12. The number of aliphatic hydroxyl groups is 1. The Bertz CT molecular complexity index is 150. The highest BCUT2D eigenvalue weighted by Crippen LogP contribution is 2.10. The second-order valence-corrected chi connectivity index (χ2v) is 3.95. The monoisotopic (exact) mass is 216 g/mol. The van der Waals surface area contributed by atoms with Gasteiger partial charge in [0.25, 0.3) is 0 Å². The van der Waals surface area contributed by atoms with E-state index in [2.05, 4.69) is 17.1 Å². The summed E-state index contributed by atoms with van der Waals surface area (Å²) in [6.07, 6.45) is 2.49. The average molecular weight is 216 g/mol. The summed E-state index contributed by atoms with van der Waals surface area (Å²) in [4.78, 5) is 2.48. The van der Waals surface area contributed by atoms with Crippen molar-refractivity contribution in [3.63, 3.8) is 0 Å². The molecular weight excluding hydrogens is 192 g/mol. The molecule has 1 fully saturated rings. The summed E-state index contributed by atoms with van der Waals surface area (Å²) in [6, 6.07) is 0.717. The molecule has 1 rings (SSSR count). The van der Waals surface area contributed by atoms with E-state index in [1.165, 1.54) is 12.8 Å². The van der Waals surface area contributed by atoms with Gasteiger partial charge < -0.3 is 15.2 Å². The molecule has 1 heterocycles. The van der Waals surface area contributed by atoms with Gasteiger partial charge in [-0.15, -0.1) is 0 Å². The molecule has 0 radical (unpaired) electrons. The maximum Gasteiger partial charge on any atom is 0.0698 e. The van der Waals surface area contributed by atoms with Gasteiger partial charge in [0.2, 0.25) is 0 Å². The molecule has 2 N–H and O–H groups in total. The molecule has 0 bridgehead atoms. The van der Waals surface area contributed by atoms with Gasteiger partial charge >= 0.3 is 0 Å². The Morgan fingerprint density at radius 2 is 2.07 bits per heavy atom. The van der Waals surface area contributed by atoms with Gasteiger partial charge in [0.05, 0.1) is 19.8 Å². The average Bonchev–Trinajstić information content (AvgIpc) is 2.30. The number of nitrogens with zero attached hydrogens (tertiary/aromatic N) is 1. The predicted molar refractivity (Wildman–Crippen MR) is 61.0 cm³/mol. The molecule has 1 aliphatic rings. The van der Waals surface area contributed by atoms with Crippen LogP contribution in [0.4, 0.5) is 0 Å². The van der Waals surface area contributed by atoms with E-state index in [0.29, 0.717) is 12.6 Å². The molecule has 15 heavy (non-hydrogen) atoms. The lowest BCUT2D eigenvalue weighted by Gasteiger charge is -2.33. The van der Waals surface area contributed by atoms with Crippen molar-refractivity contribution in [1.29, 1.82) is 0 Å². The SMILES string of the molecule is CCN(CCOCCO)C1CCNCC1. The molecule has 4 heteroatoms. The van der Waals surface area contributed by atoms with Crippen molar-refractivity contribution < 1.29 is 9.84 Å². The van der Waals surface area contributed by atoms with Crippen molar-refractivity contribution in [2.75, 3.05) is 46.0 Å². The number of likely N-dealkylation sites (N-methyl/N-ethyl adjacent to an activating group) is 1. The third-order valence-electron chi connectivity index (χ3n) is 2.99. The lowest BCUT2D eigenvalue weighted by Crippen LogP contribution is -2.44. The highest BCUT2D eigenvalue weighted by molar-refractivity contribution is 4.76. The van der Waals surface area contributed by atoms with Crippen molar-refractivity contribution in [1.82, 2.24) is 10.2 Å². The molecule has 0 aromatic carbocycles. The van der Waals surface area contributed by atoms with Crippen LogP contribution in [-0.2, 0) is 4.74 Å². The minimum absolute atomic E-state index is 0.124. The van der Waals surface area contributed by atoms with E-state index in [1.807, 2.05) is 0 Å². The standard InChI is InChI=1S/C11H24N2O2/c1-2-13(7-9-15-10-8-14)11-3-5-12-6-4-11/h11-12,14H,2-10H2,1H3. The summed E-state index contributed by atoms with van der Waals surface area (Å²) in [7, 11) is 0. The minimum atomic E-state index is 0.124. The largest absolute Gasteiger partial charge is 0.394 e. The second-order valence-electron chi connectivity index (χ2n) is 3.95. The van der Waals surface area contributed by atoms with E-state index in [-0.39, 0.29) is 6.61 Å². The maximum atomic E-state index is 8.59. The molecule has 1 saturated heterocycles. The lowest BCUT2D eigenvalue weighted by molar-refractivity contribution is 0.0598. The molecule has 0 unspecified atom stereocenters. The normalized spacial score (nSPS) is 18.6. The fraction of sp³-hybridized carbons (Fsp3) is 1.00. The van der Waals surface area contributed by atoms with Gasteiger partial charge in [-0.3, -0.25) is 4.90 Å². The zero-order valence-electron chi connectivity index (χ0n) is 9.74. The Morgan fingerprint density at radius 3 is 2.67 bits per heavy atom. The van der Waals surface area contributed by atoms with Crippen LogP contribution >= 0.6 is 0 Å². The number of rotatable bonds is 7. The minimum Gasteiger partial charge on any atom is -0.394 e. The van der Waals surface area contributed by atoms with Crippen LogP contribution in [0.3, 0.4) is 0 Å². The van der Waals surface area contributed by atoms with E-state index < -0.39 is 0 Å². The molecule has 4 nitrogen and oxygen atoms in total. The zero-order valence-corrected chi connectivity index (χ0v) is 9.74. The van der Waals surface area contributed by atoms with Crippen LogP contribution in [0.1, 0.15) is 19.8 Å². The molecular formula is C11H24N2O2. The molecule has 0 saturated carbocycles. The molecule has 0 amide bonds. The smallest absolute Gasteiger partial charge is 0.0698 e. The summed E-state index contributed by atoms with van der Waals surface area (Å²) in [6.45, 7) is 7.88. The van der Waals surface area contributed by atoms with E-state index >= 15 is 0 Å². The Kier molecular flexibility index (Phi) is 6.92. The number of nitrogens with one attached hydrogen (secondary N) is 1. The first-order valence-electron chi connectivity index (χ1n) is 6.01. The second kappa shape index (κ2) is 8.05. The van der Waals surface area contributed by atoms with Crippen LogP contribution in [0.25, 0.3) is 0 Å². The molecule has 1 aliphatic heterocycles. The van der Waals surface area contributed by atoms with E-state index in [0.717, 1.165) is 32.8 Å². The van der Waals surface area contributed by atoms with Gasteiger partial charge in [0, 0.05) is 12.6 Å². The van der Waals surface area contributed by atoms with Crippen molar-refractivity contribution >= 4 is 0 Å². The summed E-state index contributed by atoms with van der Waals surface area (Å²) >= 11 is 0. The number of aliphatic hydroxyl groups excluding tert-OH is 1. The van der Waals surface area contributed by atoms with Crippen molar-refractivity contribution in [2.45, 2.75) is 25.8 Å². The summed E-state index contributed by atoms with van der Waals surface area (Å²) < 4.78 is 5.30. The maximum absolute atomic E-state index is 8.59. The van der Waals surface area contributed by atoms with Crippen LogP contribution in [0, 0.1) is 0 Å². The molecule has 90 valence electrons. The van der Waals surface area contributed by atoms with E-state index in [4.69, 9.17) is 9.84 Å². The number of hydrogen-bond acceptors (Lipinski definition) is 4. The van der Waals surface area contributed by atoms with Crippen molar-refractivity contribution in [3.05, 3.63) is 0 Å². The Hall–Kier alpha value is -0.160. The first kappa shape index (κ1) is 12.9. The first-order valence-corrected chi connectivity index (χ1v) is 6.01. The molecule has 0 aliphatic carbocycles. The zero-order chi connectivity index (χ0) is 10.9. The van der Waals surface area contributed by atoms with Crippen LogP contribution in [0.15, 0.2) is 0 Å². The van der Waals surface area contributed by atoms with Gasteiger partial charge in [-0.05, 0) is 32.5 Å². The molecule has 0 atom stereocenters. The highest BCUT2D eigenvalue weighted by atomic mass is 16.5. The van der Waals surface area contributed by atoms with Crippen molar-refractivity contribution in [2.24, 2.45) is 0 Å². The summed E-state index contributed by atoms with van der Waals surface area (Å²) in [5.74, 6) is 0. The Labute approximate surface area is 92.6 Å². The van der Waals surface area contributed by atoms with Crippen LogP contribution in [0.5, 0.6) is 0 Å². The Morgan fingerprint density at radius 1 is 1.33 bits per heavy atom. The van der Waals surface area contributed by atoms with E-state index in [9.17, 15) is 0 Å². The third kappa shape index (κ3) is 4.93. The fourth-order valence-electron chi connectivity index (χ4n) is 2.12. The lowest BCUT2D eigenvalue weighted by atomic mass is 10.1. The topological polar surface area (TPSA) is 44.7 Å². The quantitative estimate of drug-likeness (QED) is 0.591. The van der Waals surface area contributed by atoms with Gasteiger partial charge in [-0.1, -0.05) is 6.92 Å².